The van der Waals surface area contributed by atoms with Crippen LogP contribution in [0, 0.1) is 17.8 Å². The van der Waals surface area contributed by atoms with Crippen LogP contribution < -0.4 is 0 Å². The summed E-state index contributed by atoms with van der Waals surface area (Å²) in [6.07, 6.45) is 7.83. The van der Waals surface area contributed by atoms with Crippen molar-refractivity contribution in [2.75, 3.05) is 45.9 Å². The standard InChI is InChI=1S/C19H34N2O2/c1-2-20-3-5-21(6-4-20)13-18(22)14-23-19-10-15-7-16(11-19)9-17(8-15)12-19/h15-18,22H,2-14H2,1H3. The molecule has 4 bridgehead atoms. The van der Waals surface area contributed by atoms with E-state index < -0.39 is 0 Å². The number of likely N-dealkylation sites (N-methyl/N-ethyl adjacent to an activating group) is 1. The molecule has 4 heteroatoms. The molecule has 5 aliphatic rings. The van der Waals surface area contributed by atoms with Crippen molar-refractivity contribution >= 4 is 0 Å². The first-order valence-corrected chi connectivity index (χ1v) is 9.91. The van der Waals surface area contributed by atoms with Crippen molar-refractivity contribution < 1.29 is 9.84 Å². The summed E-state index contributed by atoms with van der Waals surface area (Å²) < 4.78 is 6.40. The zero-order valence-corrected chi connectivity index (χ0v) is 14.8. The first kappa shape index (κ1) is 16.3. The maximum atomic E-state index is 10.4. The van der Waals surface area contributed by atoms with E-state index >= 15 is 0 Å². The lowest BCUT2D eigenvalue weighted by Crippen LogP contribution is -2.53. The second-order valence-corrected chi connectivity index (χ2v) is 8.80. The molecular formula is C19H34N2O2. The first-order chi connectivity index (χ1) is 11.1. The van der Waals surface area contributed by atoms with Gasteiger partial charge in [-0.1, -0.05) is 6.92 Å². The van der Waals surface area contributed by atoms with Gasteiger partial charge in [-0.2, -0.15) is 0 Å². The van der Waals surface area contributed by atoms with Crippen LogP contribution in [0.15, 0.2) is 0 Å². The largest absolute Gasteiger partial charge is 0.389 e. The van der Waals surface area contributed by atoms with Gasteiger partial charge < -0.3 is 14.7 Å². The fourth-order valence-electron chi connectivity index (χ4n) is 6.12. The molecule has 0 aromatic rings. The molecular weight excluding hydrogens is 288 g/mol. The average Bonchev–Trinajstić information content (AvgIpc) is 2.53. The second-order valence-electron chi connectivity index (χ2n) is 8.80. The summed E-state index contributed by atoms with van der Waals surface area (Å²) in [4.78, 5) is 4.88. The summed E-state index contributed by atoms with van der Waals surface area (Å²) in [6.45, 7) is 9.14. The van der Waals surface area contributed by atoms with Gasteiger partial charge in [0.1, 0.15) is 0 Å². The minimum absolute atomic E-state index is 0.136. The summed E-state index contributed by atoms with van der Waals surface area (Å²) in [5.41, 5.74) is 0.136. The molecule has 1 N–H and O–H groups in total. The Morgan fingerprint density at radius 3 is 2.00 bits per heavy atom. The number of rotatable bonds is 6. The lowest BCUT2D eigenvalue weighted by atomic mass is 9.54. The number of hydrogen-bond donors (Lipinski definition) is 1. The van der Waals surface area contributed by atoms with Crippen LogP contribution in [0.1, 0.15) is 45.4 Å². The molecule has 4 nitrogen and oxygen atoms in total. The smallest absolute Gasteiger partial charge is 0.0900 e. The van der Waals surface area contributed by atoms with Crippen LogP contribution in [0.25, 0.3) is 0 Å². The van der Waals surface area contributed by atoms with Gasteiger partial charge in [0.05, 0.1) is 18.3 Å². The van der Waals surface area contributed by atoms with Crippen LogP contribution in [0.5, 0.6) is 0 Å². The van der Waals surface area contributed by atoms with Crippen LogP contribution >= 0.6 is 0 Å². The van der Waals surface area contributed by atoms with Crippen LogP contribution in [0.3, 0.4) is 0 Å². The predicted molar refractivity (Wildman–Crippen MR) is 91.4 cm³/mol. The SMILES string of the molecule is CCN1CCN(CC(O)COC23CC4CC(CC(C4)C2)C3)CC1. The molecule has 0 radical (unpaired) electrons. The van der Waals surface area contributed by atoms with E-state index in [4.69, 9.17) is 4.74 Å². The number of hydrogen-bond acceptors (Lipinski definition) is 4. The Morgan fingerprint density at radius 1 is 0.957 bits per heavy atom. The van der Waals surface area contributed by atoms with E-state index in [2.05, 4.69) is 16.7 Å². The topological polar surface area (TPSA) is 35.9 Å². The first-order valence-electron chi connectivity index (χ1n) is 9.91. The van der Waals surface area contributed by atoms with Gasteiger partial charge in [-0.15, -0.1) is 0 Å². The Balaban J connectivity index is 1.23. The monoisotopic (exact) mass is 322 g/mol. The maximum absolute atomic E-state index is 10.4. The highest BCUT2D eigenvalue weighted by molar-refractivity contribution is 5.03. The summed E-state index contributed by atoms with van der Waals surface area (Å²) in [5, 5.41) is 10.4. The van der Waals surface area contributed by atoms with Gasteiger partial charge in [0, 0.05) is 32.7 Å². The minimum Gasteiger partial charge on any atom is -0.389 e. The van der Waals surface area contributed by atoms with Gasteiger partial charge in [-0.05, 0) is 62.8 Å². The van der Waals surface area contributed by atoms with Gasteiger partial charge in [0.2, 0.25) is 0 Å². The highest BCUT2D eigenvalue weighted by Crippen LogP contribution is 2.57. The normalized spacial score (nSPS) is 42.3. The zero-order chi connectivity index (χ0) is 15.9. The van der Waals surface area contributed by atoms with E-state index in [1.165, 1.54) is 38.5 Å². The minimum atomic E-state index is -0.323. The molecule has 0 aromatic carbocycles. The third-order valence-corrected chi connectivity index (χ3v) is 6.95. The zero-order valence-electron chi connectivity index (χ0n) is 14.8. The molecule has 4 aliphatic carbocycles. The molecule has 1 heterocycles. The summed E-state index contributed by atoms with van der Waals surface area (Å²) >= 11 is 0. The molecule has 1 aliphatic heterocycles. The van der Waals surface area contributed by atoms with E-state index in [0.29, 0.717) is 6.61 Å². The lowest BCUT2D eigenvalue weighted by molar-refractivity contribution is -0.176. The number of aliphatic hydroxyl groups is 1. The molecule has 23 heavy (non-hydrogen) atoms. The summed E-state index contributed by atoms with van der Waals surface area (Å²) in [5.74, 6) is 2.75. The van der Waals surface area contributed by atoms with Gasteiger partial charge in [0.15, 0.2) is 0 Å². The Bertz CT molecular complexity index is 371. The van der Waals surface area contributed by atoms with E-state index in [0.717, 1.165) is 57.0 Å². The van der Waals surface area contributed by atoms with Crippen molar-refractivity contribution in [3.63, 3.8) is 0 Å². The third-order valence-electron chi connectivity index (χ3n) is 6.95. The van der Waals surface area contributed by atoms with Crippen molar-refractivity contribution in [2.24, 2.45) is 17.8 Å². The molecule has 4 saturated carbocycles. The van der Waals surface area contributed by atoms with Crippen molar-refractivity contribution in [1.82, 2.24) is 9.80 Å². The number of piperazine rings is 1. The highest BCUT2D eigenvalue weighted by Gasteiger charge is 2.51. The Labute approximate surface area is 141 Å². The van der Waals surface area contributed by atoms with E-state index in [-0.39, 0.29) is 11.7 Å². The second kappa shape index (κ2) is 6.62. The van der Waals surface area contributed by atoms with Crippen molar-refractivity contribution in [2.45, 2.75) is 57.2 Å². The molecule has 0 amide bonds. The van der Waals surface area contributed by atoms with Crippen LogP contribution in [0.2, 0.25) is 0 Å². The van der Waals surface area contributed by atoms with Crippen LogP contribution in [-0.2, 0) is 4.74 Å². The lowest BCUT2D eigenvalue weighted by Gasteiger charge is -2.56. The highest BCUT2D eigenvalue weighted by atomic mass is 16.5. The summed E-state index contributed by atoms with van der Waals surface area (Å²) in [7, 11) is 0. The Kier molecular flexibility index (Phi) is 4.70. The van der Waals surface area contributed by atoms with Gasteiger partial charge in [-0.25, -0.2) is 0 Å². The van der Waals surface area contributed by atoms with Crippen LogP contribution in [0.4, 0.5) is 0 Å². The fourth-order valence-corrected chi connectivity index (χ4v) is 6.12. The van der Waals surface area contributed by atoms with Gasteiger partial charge in [-0.3, -0.25) is 4.90 Å². The molecule has 5 fully saturated rings. The number of aliphatic hydroxyl groups excluding tert-OH is 1. The van der Waals surface area contributed by atoms with E-state index in [1.54, 1.807) is 0 Å². The molecule has 5 rings (SSSR count). The predicted octanol–water partition coefficient (Wildman–Crippen LogP) is 1.97. The summed E-state index contributed by atoms with van der Waals surface area (Å²) in [6, 6.07) is 0. The van der Waals surface area contributed by atoms with Gasteiger partial charge >= 0.3 is 0 Å². The van der Waals surface area contributed by atoms with Crippen molar-refractivity contribution in [3.8, 4) is 0 Å². The fraction of sp³-hybridized carbons (Fsp3) is 1.00. The molecule has 1 atom stereocenters. The quantitative estimate of drug-likeness (QED) is 0.811. The number of nitrogens with zero attached hydrogens (tertiary/aromatic N) is 2. The molecule has 1 saturated heterocycles. The molecule has 0 aromatic heterocycles. The van der Waals surface area contributed by atoms with Gasteiger partial charge in [0.25, 0.3) is 0 Å². The average molecular weight is 322 g/mol. The maximum Gasteiger partial charge on any atom is 0.0900 e. The third kappa shape index (κ3) is 3.60. The molecule has 132 valence electrons. The Morgan fingerprint density at radius 2 is 1.48 bits per heavy atom. The Hall–Kier alpha value is -0.160. The number of β-amino-alcohol motifs (C(OH)–C–C–N with tert-alkyl or cyclic N) is 1. The molecule has 0 spiro atoms. The van der Waals surface area contributed by atoms with Crippen molar-refractivity contribution in [3.05, 3.63) is 0 Å². The number of ether oxygens (including phenoxy) is 1. The van der Waals surface area contributed by atoms with Crippen molar-refractivity contribution in [1.29, 1.82) is 0 Å². The van der Waals surface area contributed by atoms with Crippen LogP contribution in [-0.4, -0.2) is 72.5 Å². The van der Waals surface area contributed by atoms with E-state index in [9.17, 15) is 5.11 Å². The molecule has 1 unspecified atom stereocenters. The van der Waals surface area contributed by atoms with E-state index in [1.807, 2.05) is 0 Å².